The number of nitrogens with one attached hydrogen (secondary N) is 1. The van der Waals surface area contributed by atoms with Crippen molar-refractivity contribution in [1.82, 2.24) is 5.32 Å². The molecular weight excluding hydrogens is 318 g/mol. The van der Waals surface area contributed by atoms with Crippen molar-refractivity contribution in [3.8, 4) is 5.75 Å². The number of amides is 1. The fourth-order valence-electron chi connectivity index (χ4n) is 1.89. The van der Waals surface area contributed by atoms with Crippen LogP contribution in [0.3, 0.4) is 0 Å². The standard InChI is InChI=1S/C16H16BrNO2/c1-10-6-7-13(9-15(10)17)16(20)18-11(2)12-4-3-5-14(19)8-12/h3-9,11,19H,1-2H3,(H,18,20). The largest absolute Gasteiger partial charge is 0.508 e. The van der Waals surface area contributed by atoms with Gasteiger partial charge in [-0.1, -0.05) is 34.1 Å². The molecule has 0 saturated carbocycles. The van der Waals surface area contributed by atoms with Crippen molar-refractivity contribution in [3.63, 3.8) is 0 Å². The maximum absolute atomic E-state index is 12.2. The summed E-state index contributed by atoms with van der Waals surface area (Å²) in [6, 6.07) is 12.2. The molecule has 0 aromatic heterocycles. The molecule has 0 bridgehead atoms. The quantitative estimate of drug-likeness (QED) is 0.893. The van der Waals surface area contributed by atoms with Gasteiger partial charge in [0.2, 0.25) is 0 Å². The summed E-state index contributed by atoms with van der Waals surface area (Å²) in [5, 5.41) is 12.4. The van der Waals surface area contributed by atoms with E-state index in [4.69, 9.17) is 0 Å². The van der Waals surface area contributed by atoms with Gasteiger partial charge in [-0.3, -0.25) is 4.79 Å². The van der Waals surface area contributed by atoms with Gasteiger partial charge in [0.05, 0.1) is 6.04 Å². The predicted octanol–water partition coefficient (Wildman–Crippen LogP) is 3.95. The fraction of sp³-hybridized carbons (Fsp3) is 0.188. The van der Waals surface area contributed by atoms with E-state index >= 15 is 0 Å². The van der Waals surface area contributed by atoms with Crippen LogP contribution in [0.15, 0.2) is 46.9 Å². The number of carbonyl (C=O) groups excluding carboxylic acids is 1. The van der Waals surface area contributed by atoms with Crippen LogP contribution < -0.4 is 5.32 Å². The average molecular weight is 334 g/mol. The van der Waals surface area contributed by atoms with E-state index in [1.165, 1.54) is 0 Å². The Morgan fingerprint density at radius 3 is 2.65 bits per heavy atom. The molecule has 2 aromatic carbocycles. The van der Waals surface area contributed by atoms with Crippen molar-refractivity contribution in [3.05, 3.63) is 63.6 Å². The Balaban J connectivity index is 2.13. The van der Waals surface area contributed by atoms with Gasteiger partial charge in [0.1, 0.15) is 5.75 Å². The molecular formula is C16H16BrNO2. The molecule has 20 heavy (non-hydrogen) atoms. The van der Waals surface area contributed by atoms with Crippen molar-refractivity contribution in [2.24, 2.45) is 0 Å². The van der Waals surface area contributed by atoms with E-state index in [1.807, 2.05) is 26.0 Å². The summed E-state index contributed by atoms with van der Waals surface area (Å²) < 4.78 is 0.912. The van der Waals surface area contributed by atoms with Crippen LogP contribution >= 0.6 is 15.9 Å². The summed E-state index contributed by atoms with van der Waals surface area (Å²) in [6.07, 6.45) is 0. The molecule has 0 saturated heterocycles. The summed E-state index contributed by atoms with van der Waals surface area (Å²) in [6.45, 7) is 3.86. The van der Waals surface area contributed by atoms with E-state index in [2.05, 4.69) is 21.2 Å². The number of carbonyl (C=O) groups is 1. The van der Waals surface area contributed by atoms with Gasteiger partial charge in [-0.05, 0) is 49.2 Å². The number of hydrogen-bond donors (Lipinski definition) is 2. The molecule has 0 fully saturated rings. The van der Waals surface area contributed by atoms with Crippen molar-refractivity contribution >= 4 is 21.8 Å². The minimum atomic E-state index is -0.172. The lowest BCUT2D eigenvalue weighted by Crippen LogP contribution is -2.26. The zero-order valence-electron chi connectivity index (χ0n) is 11.4. The number of hydrogen-bond acceptors (Lipinski definition) is 2. The zero-order valence-corrected chi connectivity index (χ0v) is 12.9. The highest BCUT2D eigenvalue weighted by Gasteiger charge is 2.12. The molecule has 3 nitrogen and oxygen atoms in total. The molecule has 4 heteroatoms. The first-order valence-corrected chi connectivity index (χ1v) is 7.12. The summed E-state index contributed by atoms with van der Waals surface area (Å²) in [5.41, 5.74) is 2.56. The van der Waals surface area contributed by atoms with Crippen molar-refractivity contribution in [1.29, 1.82) is 0 Å². The molecule has 1 unspecified atom stereocenters. The molecule has 104 valence electrons. The number of halogens is 1. The second kappa shape index (κ2) is 6.09. The van der Waals surface area contributed by atoms with Crippen LogP contribution in [0.4, 0.5) is 0 Å². The number of benzene rings is 2. The van der Waals surface area contributed by atoms with E-state index < -0.39 is 0 Å². The third kappa shape index (κ3) is 3.39. The van der Waals surface area contributed by atoms with Crippen molar-refractivity contribution in [2.45, 2.75) is 19.9 Å². The van der Waals surface area contributed by atoms with Gasteiger partial charge < -0.3 is 10.4 Å². The van der Waals surface area contributed by atoms with E-state index in [9.17, 15) is 9.90 Å². The summed E-state index contributed by atoms with van der Waals surface area (Å²) >= 11 is 3.42. The van der Waals surface area contributed by atoms with Crippen molar-refractivity contribution in [2.75, 3.05) is 0 Å². The molecule has 0 spiro atoms. The predicted molar refractivity (Wildman–Crippen MR) is 82.9 cm³/mol. The SMILES string of the molecule is Cc1ccc(C(=O)NC(C)c2cccc(O)c2)cc1Br. The number of phenols is 1. The Hall–Kier alpha value is -1.81. The Morgan fingerprint density at radius 2 is 2.00 bits per heavy atom. The molecule has 2 N–H and O–H groups in total. The van der Waals surface area contributed by atoms with E-state index in [-0.39, 0.29) is 17.7 Å². The summed E-state index contributed by atoms with van der Waals surface area (Å²) in [7, 11) is 0. The van der Waals surface area contributed by atoms with Gasteiger partial charge in [0.25, 0.3) is 5.91 Å². The molecule has 0 heterocycles. The van der Waals surface area contributed by atoms with Crippen LogP contribution in [0.25, 0.3) is 0 Å². The topological polar surface area (TPSA) is 49.3 Å². The second-order valence-electron chi connectivity index (χ2n) is 4.75. The maximum Gasteiger partial charge on any atom is 0.251 e. The number of rotatable bonds is 3. The maximum atomic E-state index is 12.2. The highest BCUT2D eigenvalue weighted by atomic mass is 79.9. The van der Waals surface area contributed by atoms with Gasteiger partial charge in [-0.2, -0.15) is 0 Å². The normalized spacial score (nSPS) is 11.9. The van der Waals surface area contributed by atoms with Crippen LogP contribution in [0, 0.1) is 6.92 Å². The molecule has 0 aliphatic rings. The fourth-order valence-corrected chi connectivity index (χ4v) is 2.27. The number of aromatic hydroxyl groups is 1. The zero-order chi connectivity index (χ0) is 14.7. The van der Waals surface area contributed by atoms with Gasteiger partial charge >= 0.3 is 0 Å². The summed E-state index contributed by atoms with van der Waals surface area (Å²) in [5.74, 6) is 0.0585. The van der Waals surface area contributed by atoms with E-state index in [0.717, 1.165) is 15.6 Å². The average Bonchev–Trinajstić information content (AvgIpc) is 2.41. The van der Waals surface area contributed by atoms with Gasteiger partial charge in [0, 0.05) is 10.0 Å². The van der Waals surface area contributed by atoms with E-state index in [1.54, 1.807) is 30.3 Å². The monoisotopic (exact) mass is 333 g/mol. The van der Waals surface area contributed by atoms with Crippen LogP contribution in [0.2, 0.25) is 0 Å². The lowest BCUT2D eigenvalue weighted by Gasteiger charge is -2.15. The smallest absolute Gasteiger partial charge is 0.251 e. The lowest BCUT2D eigenvalue weighted by atomic mass is 10.1. The Kier molecular flexibility index (Phi) is 4.45. The first kappa shape index (κ1) is 14.6. The Bertz CT molecular complexity index is 640. The molecule has 0 aliphatic heterocycles. The Labute approximate surface area is 126 Å². The number of aryl methyl sites for hydroxylation is 1. The highest BCUT2D eigenvalue weighted by molar-refractivity contribution is 9.10. The molecule has 2 rings (SSSR count). The van der Waals surface area contributed by atoms with Crippen LogP contribution in [-0.4, -0.2) is 11.0 Å². The third-order valence-electron chi connectivity index (χ3n) is 3.15. The van der Waals surface area contributed by atoms with E-state index in [0.29, 0.717) is 5.56 Å². The molecule has 0 radical (unpaired) electrons. The van der Waals surface area contributed by atoms with Crippen LogP contribution in [0.1, 0.15) is 34.5 Å². The minimum Gasteiger partial charge on any atom is -0.508 e. The summed E-state index contributed by atoms with van der Waals surface area (Å²) in [4.78, 5) is 12.2. The first-order chi connectivity index (χ1) is 9.47. The number of phenolic OH excluding ortho intramolecular Hbond substituents is 1. The lowest BCUT2D eigenvalue weighted by molar-refractivity contribution is 0.0939. The van der Waals surface area contributed by atoms with Gasteiger partial charge in [-0.15, -0.1) is 0 Å². The minimum absolute atomic E-state index is 0.137. The Morgan fingerprint density at radius 1 is 1.25 bits per heavy atom. The van der Waals surface area contributed by atoms with Crippen molar-refractivity contribution < 1.29 is 9.90 Å². The molecule has 1 amide bonds. The van der Waals surface area contributed by atoms with Crippen LogP contribution in [0.5, 0.6) is 5.75 Å². The first-order valence-electron chi connectivity index (χ1n) is 6.33. The molecule has 2 aromatic rings. The molecule has 0 aliphatic carbocycles. The third-order valence-corrected chi connectivity index (χ3v) is 4.01. The second-order valence-corrected chi connectivity index (χ2v) is 5.61. The van der Waals surface area contributed by atoms with Crippen LogP contribution in [-0.2, 0) is 0 Å². The molecule has 1 atom stereocenters. The van der Waals surface area contributed by atoms with Gasteiger partial charge in [0.15, 0.2) is 0 Å². The highest BCUT2D eigenvalue weighted by Crippen LogP contribution is 2.20. The van der Waals surface area contributed by atoms with Gasteiger partial charge in [-0.25, -0.2) is 0 Å².